The van der Waals surface area contributed by atoms with Gasteiger partial charge in [0.25, 0.3) is 0 Å². The number of carbonyl (C=O) groups excluding carboxylic acids is 1. The molecule has 0 aromatic heterocycles. The van der Waals surface area contributed by atoms with E-state index in [9.17, 15) is 4.79 Å². The second-order valence-corrected chi connectivity index (χ2v) is 6.97. The lowest BCUT2D eigenvalue weighted by atomic mass is 10.1. The molecule has 1 amide bonds. The average molecular weight is 364 g/mol. The Morgan fingerprint density at radius 3 is 2.88 bits per heavy atom. The molecule has 2 aromatic rings. The third-order valence-corrected chi connectivity index (χ3v) is 5.21. The minimum Gasteiger partial charge on any atom is -0.454 e. The largest absolute Gasteiger partial charge is 0.454 e. The molecule has 24 heavy (non-hydrogen) atoms. The standard InChI is InChI=1S/C18H18ClNO3S/c1-12(13-6-7-15-16(10-13)23-11-22-15)20-18(21)8-9-24-17-5-3-2-4-14(17)19/h2-7,10,12H,8-9,11H2,1H3,(H,20,21). The molecule has 0 spiro atoms. The SMILES string of the molecule is CC(NC(=O)CCSc1ccccc1Cl)c1ccc2c(c1)OCO2. The first-order chi connectivity index (χ1) is 11.6. The maximum atomic E-state index is 12.1. The number of rotatable bonds is 6. The van der Waals surface area contributed by atoms with Gasteiger partial charge < -0.3 is 14.8 Å². The average Bonchev–Trinajstić information content (AvgIpc) is 3.04. The number of nitrogens with one attached hydrogen (secondary N) is 1. The zero-order chi connectivity index (χ0) is 16.9. The summed E-state index contributed by atoms with van der Waals surface area (Å²) in [6, 6.07) is 13.3. The van der Waals surface area contributed by atoms with Crippen LogP contribution in [0.2, 0.25) is 5.02 Å². The Kier molecular flexibility index (Phi) is 5.53. The van der Waals surface area contributed by atoms with E-state index in [1.807, 2.05) is 49.4 Å². The molecule has 1 aliphatic heterocycles. The van der Waals surface area contributed by atoms with E-state index < -0.39 is 0 Å². The third-order valence-electron chi connectivity index (χ3n) is 3.70. The molecule has 0 saturated heterocycles. The molecular formula is C18H18ClNO3S. The van der Waals surface area contributed by atoms with E-state index in [-0.39, 0.29) is 18.7 Å². The van der Waals surface area contributed by atoms with Crippen molar-refractivity contribution in [3.8, 4) is 11.5 Å². The van der Waals surface area contributed by atoms with Crippen LogP contribution in [0.25, 0.3) is 0 Å². The lowest BCUT2D eigenvalue weighted by Gasteiger charge is -2.15. The van der Waals surface area contributed by atoms with Crippen molar-refractivity contribution in [3.05, 3.63) is 53.1 Å². The highest BCUT2D eigenvalue weighted by Crippen LogP contribution is 2.34. The molecule has 0 fully saturated rings. The Bertz CT molecular complexity index is 738. The van der Waals surface area contributed by atoms with Crippen LogP contribution in [-0.2, 0) is 4.79 Å². The summed E-state index contributed by atoms with van der Waals surface area (Å²) in [5.74, 6) is 2.17. The van der Waals surface area contributed by atoms with E-state index in [0.29, 0.717) is 12.2 Å². The van der Waals surface area contributed by atoms with Crippen LogP contribution >= 0.6 is 23.4 Å². The number of thioether (sulfide) groups is 1. The molecule has 6 heteroatoms. The molecule has 126 valence electrons. The first-order valence-electron chi connectivity index (χ1n) is 7.70. The number of halogens is 1. The monoisotopic (exact) mass is 363 g/mol. The number of fused-ring (bicyclic) bond motifs is 1. The number of benzene rings is 2. The molecule has 1 heterocycles. The van der Waals surface area contributed by atoms with Crippen molar-refractivity contribution in [2.75, 3.05) is 12.5 Å². The van der Waals surface area contributed by atoms with Crippen LogP contribution in [0, 0.1) is 0 Å². The van der Waals surface area contributed by atoms with Gasteiger partial charge in [-0.2, -0.15) is 0 Å². The van der Waals surface area contributed by atoms with Crippen molar-refractivity contribution in [1.29, 1.82) is 0 Å². The zero-order valence-electron chi connectivity index (χ0n) is 13.3. The summed E-state index contributed by atoms with van der Waals surface area (Å²) in [4.78, 5) is 13.1. The van der Waals surface area contributed by atoms with Crippen molar-refractivity contribution < 1.29 is 14.3 Å². The number of hydrogen-bond donors (Lipinski definition) is 1. The molecule has 1 N–H and O–H groups in total. The van der Waals surface area contributed by atoms with Crippen molar-refractivity contribution >= 4 is 29.3 Å². The molecule has 0 bridgehead atoms. The number of hydrogen-bond acceptors (Lipinski definition) is 4. The van der Waals surface area contributed by atoms with Gasteiger partial charge in [0.2, 0.25) is 12.7 Å². The van der Waals surface area contributed by atoms with E-state index in [4.69, 9.17) is 21.1 Å². The van der Waals surface area contributed by atoms with E-state index in [2.05, 4.69) is 5.32 Å². The van der Waals surface area contributed by atoms with Crippen LogP contribution in [0.5, 0.6) is 11.5 Å². The smallest absolute Gasteiger partial charge is 0.231 e. The maximum absolute atomic E-state index is 12.1. The molecule has 3 rings (SSSR count). The number of ether oxygens (including phenoxy) is 2. The zero-order valence-corrected chi connectivity index (χ0v) is 14.8. The minimum absolute atomic E-state index is 0.0136. The van der Waals surface area contributed by atoms with Gasteiger partial charge in [0.05, 0.1) is 11.1 Å². The highest BCUT2D eigenvalue weighted by Gasteiger charge is 2.16. The van der Waals surface area contributed by atoms with Gasteiger partial charge in [-0.25, -0.2) is 0 Å². The second kappa shape index (κ2) is 7.81. The topological polar surface area (TPSA) is 47.6 Å². The first-order valence-corrected chi connectivity index (χ1v) is 9.06. The number of carbonyl (C=O) groups is 1. The van der Waals surface area contributed by atoms with Crippen molar-refractivity contribution in [1.82, 2.24) is 5.32 Å². The van der Waals surface area contributed by atoms with E-state index in [1.54, 1.807) is 11.8 Å². The van der Waals surface area contributed by atoms with Crippen LogP contribution in [0.15, 0.2) is 47.4 Å². The molecular weight excluding hydrogens is 346 g/mol. The Balaban J connectivity index is 1.48. The number of amides is 1. The van der Waals surface area contributed by atoms with Gasteiger partial charge in [0.1, 0.15) is 0 Å². The fraction of sp³-hybridized carbons (Fsp3) is 0.278. The van der Waals surface area contributed by atoms with Gasteiger partial charge in [-0.3, -0.25) is 4.79 Å². The van der Waals surface area contributed by atoms with Gasteiger partial charge >= 0.3 is 0 Å². The fourth-order valence-corrected chi connectivity index (χ4v) is 3.58. The van der Waals surface area contributed by atoms with Crippen molar-refractivity contribution in [2.45, 2.75) is 24.3 Å². The second-order valence-electron chi connectivity index (χ2n) is 5.43. The highest BCUT2D eigenvalue weighted by atomic mass is 35.5. The Morgan fingerprint density at radius 2 is 2.04 bits per heavy atom. The summed E-state index contributed by atoms with van der Waals surface area (Å²) in [6.45, 7) is 2.20. The highest BCUT2D eigenvalue weighted by molar-refractivity contribution is 7.99. The molecule has 2 aromatic carbocycles. The summed E-state index contributed by atoms with van der Waals surface area (Å²) in [5, 5.41) is 3.73. The van der Waals surface area contributed by atoms with Crippen LogP contribution in [0.3, 0.4) is 0 Å². The summed E-state index contributed by atoms with van der Waals surface area (Å²) in [7, 11) is 0. The molecule has 0 saturated carbocycles. The Hall–Kier alpha value is -1.85. The maximum Gasteiger partial charge on any atom is 0.231 e. The van der Waals surface area contributed by atoms with Gasteiger partial charge in [0, 0.05) is 17.1 Å². The predicted octanol–water partition coefficient (Wildman–Crippen LogP) is 4.43. The molecule has 1 atom stereocenters. The van der Waals surface area contributed by atoms with E-state index in [1.165, 1.54) is 0 Å². The molecule has 0 radical (unpaired) electrons. The van der Waals surface area contributed by atoms with Gasteiger partial charge in [-0.1, -0.05) is 29.8 Å². The van der Waals surface area contributed by atoms with Crippen LogP contribution in [-0.4, -0.2) is 18.5 Å². The summed E-state index contributed by atoms with van der Waals surface area (Å²) >= 11 is 7.69. The Labute approximate surface area is 150 Å². The quantitative estimate of drug-likeness (QED) is 0.771. The summed E-state index contributed by atoms with van der Waals surface area (Å²) < 4.78 is 10.7. The van der Waals surface area contributed by atoms with E-state index >= 15 is 0 Å². The van der Waals surface area contributed by atoms with Gasteiger partial charge in [-0.05, 0) is 36.8 Å². The predicted molar refractivity (Wildman–Crippen MR) is 95.9 cm³/mol. The lowest BCUT2D eigenvalue weighted by molar-refractivity contribution is -0.121. The van der Waals surface area contributed by atoms with Crippen LogP contribution in [0.4, 0.5) is 0 Å². The van der Waals surface area contributed by atoms with Gasteiger partial charge in [-0.15, -0.1) is 11.8 Å². The molecule has 1 unspecified atom stereocenters. The molecule has 4 nitrogen and oxygen atoms in total. The normalized spacial score (nSPS) is 13.6. The lowest BCUT2D eigenvalue weighted by Crippen LogP contribution is -2.26. The Morgan fingerprint density at radius 1 is 1.25 bits per heavy atom. The van der Waals surface area contributed by atoms with Crippen LogP contribution in [0.1, 0.15) is 24.9 Å². The fourth-order valence-electron chi connectivity index (χ4n) is 2.39. The third kappa shape index (κ3) is 4.16. The van der Waals surface area contributed by atoms with Crippen LogP contribution < -0.4 is 14.8 Å². The molecule has 1 aliphatic rings. The van der Waals surface area contributed by atoms with E-state index in [0.717, 1.165) is 27.0 Å². The summed E-state index contributed by atoms with van der Waals surface area (Å²) in [6.07, 6.45) is 0.435. The van der Waals surface area contributed by atoms with Crippen molar-refractivity contribution in [3.63, 3.8) is 0 Å². The first kappa shape index (κ1) is 17.0. The van der Waals surface area contributed by atoms with Crippen molar-refractivity contribution in [2.24, 2.45) is 0 Å². The van der Waals surface area contributed by atoms with Gasteiger partial charge in [0.15, 0.2) is 11.5 Å². The summed E-state index contributed by atoms with van der Waals surface area (Å²) in [5.41, 5.74) is 0.992. The minimum atomic E-state index is -0.0858. The molecule has 0 aliphatic carbocycles.